The summed E-state index contributed by atoms with van der Waals surface area (Å²) in [6.45, 7) is 37.8. The Bertz CT molecular complexity index is 629. The zero-order chi connectivity index (χ0) is 30.7. The van der Waals surface area contributed by atoms with Gasteiger partial charge in [-0.25, -0.2) is 0 Å². The fraction of sp³-hybridized carbons (Fsp3) is 0.800. The van der Waals surface area contributed by atoms with Gasteiger partial charge in [0.05, 0.1) is 83.7 Å². The molecule has 0 aromatic rings. The molecule has 0 aliphatic heterocycles. The van der Waals surface area contributed by atoms with E-state index >= 15 is 0 Å². The van der Waals surface area contributed by atoms with Gasteiger partial charge in [0.2, 0.25) is 0 Å². The van der Waals surface area contributed by atoms with Crippen molar-refractivity contribution in [2.45, 2.75) is 97.4 Å². The van der Waals surface area contributed by atoms with E-state index in [2.05, 4.69) is 80.9 Å². The highest BCUT2D eigenvalue weighted by molar-refractivity contribution is 6.86. The molecule has 0 N–H and O–H groups in total. The monoisotopic (exact) mass is 614 g/mol. The molecule has 0 rings (SSSR count). The van der Waals surface area contributed by atoms with Crippen LogP contribution in [-0.4, -0.2) is 91.0 Å². The van der Waals surface area contributed by atoms with E-state index in [0.717, 1.165) is 0 Å². The first-order chi connectivity index (χ1) is 18.9. The van der Waals surface area contributed by atoms with Crippen molar-refractivity contribution in [2.24, 2.45) is 0 Å². The van der Waals surface area contributed by atoms with Crippen molar-refractivity contribution in [3.05, 3.63) is 35.3 Å². The third-order valence-electron chi connectivity index (χ3n) is 9.52. The van der Waals surface area contributed by atoms with Crippen LogP contribution in [0.3, 0.4) is 0 Å². The quantitative estimate of drug-likeness (QED) is 0.0698. The predicted molar refractivity (Wildman–Crippen MR) is 181 cm³/mol. The number of hydrogen-bond donors (Lipinski definition) is 0. The van der Waals surface area contributed by atoms with Crippen LogP contribution in [0.5, 0.6) is 0 Å². The molecule has 0 atom stereocenters. The third-order valence-corrected chi connectivity index (χ3v) is 24.4. The molecule has 0 aliphatic carbocycles. The van der Waals surface area contributed by atoms with Gasteiger partial charge in [0.15, 0.2) is 0 Å². The van der Waals surface area contributed by atoms with Crippen molar-refractivity contribution in [3.8, 4) is 0 Å². The molecule has 6 nitrogen and oxygen atoms in total. The zero-order valence-corrected chi connectivity index (χ0v) is 30.8. The Labute approximate surface area is 251 Å². The van der Waals surface area contributed by atoms with Gasteiger partial charge in [-0.15, -0.1) is 19.7 Å². The van der Waals surface area contributed by atoms with E-state index in [9.17, 15) is 0 Å². The minimum absolute atomic E-state index is 0.373. The number of ether oxygens (including phenoxy) is 3. The maximum absolute atomic E-state index is 5.88. The molecule has 0 heterocycles. The van der Waals surface area contributed by atoms with Crippen molar-refractivity contribution in [1.82, 2.24) is 0 Å². The third kappa shape index (κ3) is 14.2. The lowest BCUT2D eigenvalue weighted by Crippen LogP contribution is -2.35. The molecule has 40 heavy (non-hydrogen) atoms. The first kappa shape index (κ1) is 39.7. The van der Waals surface area contributed by atoms with Crippen LogP contribution >= 0.6 is 0 Å². The van der Waals surface area contributed by atoms with E-state index in [1.807, 2.05) is 0 Å². The second-order valence-electron chi connectivity index (χ2n) is 11.7. The Morgan fingerprint density at radius 2 is 0.675 bits per heavy atom. The topological polar surface area (TPSA) is 55.4 Å². The van der Waals surface area contributed by atoms with Crippen LogP contribution in [0.4, 0.5) is 0 Å². The summed E-state index contributed by atoms with van der Waals surface area (Å²) in [5, 5.41) is 3.78. The lowest BCUT2D eigenvalue weighted by molar-refractivity contribution is 0.0276. The standard InChI is InChI=1S/C30H63BO6Si3/c1-13-38(10,14-2)28(7)25-32-19-22-35-31(36-23-20-33-26-29(8)39(11,15-3)16-4)37-24-21-34-27-30(9)40(12,17-5)18-6/h7-9,13-27H2,1-6,10-12H3. The van der Waals surface area contributed by atoms with Crippen molar-refractivity contribution in [2.75, 3.05) is 59.5 Å². The van der Waals surface area contributed by atoms with E-state index in [-0.39, 0.29) is 0 Å². The Kier molecular flexibility index (Phi) is 21.2. The maximum Gasteiger partial charge on any atom is 0.639 e. The van der Waals surface area contributed by atoms with Crippen LogP contribution in [0, 0.1) is 0 Å². The maximum atomic E-state index is 5.88. The van der Waals surface area contributed by atoms with Gasteiger partial charge < -0.3 is 28.2 Å². The van der Waals surface area contributed by atoms with E-state index < -0.39 is 31.5 Å². The predicted octanol–water partition coefficient (Wildman–Crippen LogP) is 7.71. The molecule has 0 aliphatic rings. The minimum Gasteiger partial charge on any atom is -0.383 e. The normalized spacial score (nSPS) is 12.5. The Balaban J connectivity index is 4.65. The second-order valence-corrected chi connectivity index (χ2v) is 27.4. The summed E-state index contributed by atoms with van der Waals surface area (Å²) >= 11 is 0. The summed E-state index contributed by atoms with van der Waals surface area (Å²) in [6, 6.07) is 7.13. The molecule has 0 saturated carbocycles. The average Bonchev–Trinajstić information content (AvgIpc) is 2.98. The molecule has 234 valence electrons. The first-order valence-electron chi connectivity index (χ1n) is 15.5. The largest absolute Gasteiger partial charge is 0.639 e. The highest BCUT2D eigenvalue weighted by Gasteiger charge is 2.28. The van der Waals surface area contributed by atoms with Crippen molar-refractivity contribution in [1.29, 1.82) is 0 Å². The Hall–Kier alpha value is -0.304. The molecule has 0 unspecified atom stereocenters. The van der Waals surface area contributed by atoms with Gasteiger partial charge in [0.25, 0.3) is 0 Å². The lowest BCUT2D eigenvalue weighted by Gasteiger charge is -2.27. The van der Waals surface area contributed by atoms with Gasteiger partial charge >= 0.3 is 7.32 Å². The van der Waals surface area contributed by atoms with E-state index in [4.69, 9.17) is 28.2 Å². The molecular formula is C30H63BO6Si3. The second kappa shape index (κ2) is 21.4. The van der Waals surface area contributed by atoms with Gasteiger partial charge in [-0.1, -0.05) is 113 Å². The molecule has 0 aromatic heterocycles. The van der Waals surface area contributed by atoms with E-state index in [1.54, 1.807) is 0 Å². The van der Waals surface area contributed by atoms with Gasteiger partial charge in [0.1, 0.15) is 0 Å². The van der Waals surface area contributed by atoms with Crippen molar-refractivity contribution >= 4 is 31.5 Å². The Morgan fingerprint density at radius 1 is 0.450 bits per heavy atom. The minimum atomic E-state index is -1.43. The number of hydrogen-bond acceptors (Lipinski definition) is 6. The SMILES string of the molecule is C=C(COCCOB(OCCOCC(=C)[Si](C)(CC)CC)OCCOCC(=C)[Si](C)(CC)CC)[Si](C)(CC)CC. The van der Waals surface area contributed by atoms with Gasteiger partial charge in [-0.05, 0) is 0 Å². The molecule has 0 saturated heterocycles. The molecule has 0 fully saturated rings. The molecule has 0 amide bonds. The van der Waals surface area contributed by atoms with Crippen molar-refractivity contribution in [3.63, 3.8) is 0 Å². The van der Waals surface area contributed by atoms with Crippen molar-refractivity contribution < 1.29 is 28.2 Å². The molecule has 0 aromatic carbocycles. The fourth-order valence-corrected chi connectivity index (χ4v) is 9.96. The molecule has 0 spiro atoms. The van der Waals surface area contributed by atoms with E-state index in [1.165, 1.54) is 51.9 Å². The van der Waals surface area contributed by atoms with Crippen LogP contribution in [0.25, 0.3) is 0 Å². The smallest absolute Gasteiger partial charge is 0.383 e. The summed E-state index contributed by atoms with van der Waals surface area (Å²) in [5.41, 5.74) is 0. The summed E-state index contributed by atoms with van der Waals surface area (Å²) in [5.74, 6) is 0. The molecule has 0 bridgehead atoms. The van der Waals surface area contributed by atoms with Gasteiger partial charge in [-0.3, -0.25) is 0 Å². The highest BCUT2D eigenvalue weighted by atomic mass is 28.3. The van der Waals surface area contributed by atoms with Crippen LogP contribution < -0.4 is 0 Å². The fourth-order valence-electron chi connectivity index (χ4n) is 4.11. The summed E-state index contributed by atoms with van der Waals surface area (Å²) in [4.78, 5) is 0. The average molecular weight is 615 g/mol. The lowest BCUT2D eigenvalue weighted by atomic mass is 10.2. The van der Waals surface area contributed by atoms with Gasteiger partial charge in [-0.2, -0.15) is 0 Å². The van der Waals surface area contributed by atoms with Gasteiger partial charge in [0, 0.05) is 0 Å². The Morgan fingerprint density at radius 3 is 0.875 bits per heavy atom. The summed E-state index contributed by atoms with van der Waals surface area (Å²) in [7, 11) is -5.09. The van der Waals surface area contributed by atoms with E-state index in [0.29, 0.717) is 59.5 Å². The summed E-state index contributed by atoms with van der Waals surface area (Å²) in [6.07, 6.45) is 0. The number of rotatable bonds is 27. The molecule has 10 heteroatoms. The zero-order valence-electron chi connectivity index (χ0n) is 27.8. The van der Waals surface area contributed by atoms with Crippen LogP contribution in [0.2, 0.25) is 55.9 Å². The van der Waals surface area contributed by atoms with Crippen LogP contribution in [0.1, 0.15) is 41.5 Å². The van der Waals surface area contributed by atoms with Crippen LogP contribution in [0.15, 0.2) is 35.3 Å². The molecule has 0 radical (unpaired) electrons. The van der Waals surface area contributed by atoms with Crippen LogP contribution in [-0.2, 0) is 28.2 Å². The highest BCUT2D eigenvalue weighted by Crippen LogP contribution is 2.24. The summed E-state index contributed by atoms with van der Waals surface area (Å²) < 4.78 is 35.3. The molecular weight excluding hydrogens is 551 g/mol. The first-order valence-corrected chi connectivity index (χ1v) is 24.3.